The first-order chi connectivity index (χ1) is 14.6. The summed E-state index contributed by atoms with van der Waals surface area (Å²) >= 11 is 0. The molecule has 7 nitrogen and oxygen atoms in total. The largest absolute Gasteiger partial charge is 0.493 e. The molecule has 1 atom stereocenters. The molecule has 1 aliphatic rings. The van der Waals surface area contributed by atoms with Crippen LogP contribution in [0.1, 0.15) is 11.6 Å². The summed E-state index contributed by atoms with van der Waals surface area (Å²) in [6.07, 6.45) is 0. The highest BCUT2D eigenvalue weighted by atomic mass is 16.5. The molecule has 7 heteroatoms. The maximum Gasteiger partial charge on any atom is 0.258 e. The number of methoxy groups -OCH3 is 1. The van der Waals surface area contributed by atoms with Gasteiger partial charge in [-0.05, 0) is 29.8 Å². The molecule has 0 aliphatic carbocycles. The molecule has 0 saturated carbocycles. The van der Waals surface area contributed by atoms with Crippen molar-refractivity contribution in [2.24, 2.45) is 0 Å². The molecule has 1 aliphatic heterocycles. The Hall–Kier alpha value is -2.77. The zero-order chi connectivity index (χ0) is 21.3. The number of rotatable bonds is 9. The molecule has 2 aromatic carbocycles. The molecule has 0 spiro atoms. The van der Waals surface area contributed by atoms with Crippen LogP contribution in [0, 0.1) is 0 Å². The van der Waals surface area contributed by atoms with Crippen LogP contribution in [0.3, 0.4) is 0 Å². The van der Waals surface area contributed by atoms with Crippen LogP contribution in [0.5, 0.6) is 11.5 Å². The second-order valence-corrected chi connectivity index (χ2v) is 7.39. The van der Waals surface area contributed by atoms with Gasteiger partial charge in [-0.2, -0.15) is 0 Å². The highest BCUT2D eigenvalue weighted by Gasteiger charge is 2.23. The minimum Gasteiger partial charge on any atom is -0.493 e. The van der Waals surface area contributed by atoms with Gasteiger partial charge in [0.1, 0.15) is 0 Å². The average molecular weight is 414 g/mol. The van der Waals surface area contributed by atoms with Gasteiger partial charge >= 0.3 is 0 Å². The first-order valence-electron chi connectivity index (χ1n) is 10.2. The first-order valence-corrected chi connectivity index (χ1v) is 10.2. The number of nitrogens with zero attached hydrogens (tertiary/aromatic N) is 2. The monoisotopic (exact) mass is 413 g/mol. The lowest BCUT2D eigenvalue weighted by Gasteiger charge is -2.35. The number of nitrogens with one attached hydrogen (secondary N) is 1. The molecule has 162 valence electrons. The molecule has 3 rings (SSSR count). The van der Waals surface area contributed by atoms with Crippen LogP contribution in [0.15, 0.2) is 48.5 Å². The van der Waals surface area contributed by atoms with Gasteiger partial charge in [0, 0.05) is 39.4 Å². The van der Waals surface area contributed by atoms with Gasteiger partial charge in [-0.25, -0.2) is 0 Å². The number of hydrogen-bond donors (Lipinski definition) is 1. The third kappa shape index (κ3) is 5.87. The van der Waals surface area contributed by atoms with Gasteiger partial charge < -0.3 is 24.4 Å². The predicted molar refractivity (Wildman–Crippen MR) is 117 cm³/mol. The molecule has 0 bridgehead atoms. The Kier molecular flexibility index (Phi) is 7.93. The lowest BCUT2D eigenvalue weighted by atomic mass is 10.0. The van der Waals surface area contributed by atoms with Gasteiger partial charge in [0.2, 0.25) is 0 Å². The maximum absolute atomic E-state index is 12.5. The average Bonchev–Trinajstić information content (AvgIpc) is 2.79. The van der Waals surface area contributed by atoms with Crippen molar-refractivity contribution < 1.29 is 19.0 Å². The van der Waals surface area contributed by atoms with Crippen molar-refractivity contribution in [2.75, 3.05) is 65.6 Å². The Morgan fingerprint density at radius 3 is 2.40 bits per heavy atom. The van der Waals surface area contributed by atoms with Gasteiger partial charge in [-0.3, -0.25) is 9.69 Å². The number of benzene rings is 2. The third-order valence-electron chi connectivity index (χ3n) is 5.20. The van der Waals surface area contributed by atoms with Crippen LogP contribution >= 0.6 is 0 Å². The summed E-state index contributed by atoms with van der Waals surface area (Å²) in [4.78, 5) is 16.9. The highest BCUT2D eigenvalue weighted by molar-refractivity contribution is 5.77. The van der Waals surface area contributed by atoms with Crippen molar-refractivity contribution >= 4 is 11.6 Å². The number of carbonyl (C=O) groups excluding carboxylic acids is 1. The molecule has 1 heterocycles. The predicted octanol–water partition coefficient (Wildman–Crippen LogP) is 2.33. The zero-order valence-corrected chi connectivity index (χ0v) is 18.0. The number of carbonyl (C=O) groups is 1. The van der Waals surface area contributed by atoms with Crippen LogP contribution in [-0.4, -0.2) is 71.5 Å². The Morgan fingerprint density at radius 2 is 1.77 bits per heavy atom. The SMILES string of the molecule is COc1ccccc1OCC(=O)NC[C@@H](c1ccc(N(C)C)cc1)N1CCOCC1. The van der Waals surface area contributed by atoms with E-state index in [9.17, 15) is 4.79 Å². The smallest absolute Gasteiger partial charge is 0.258 e. The number of anilines is 1. The molecule has 1 N–H and O–H groups in total. The van der Waals surface area contributed by atoms with E-state index >= 15 is 0 Å². The van der Waals surface area contributed by atoms with Gasteiger partial charge in [0.05, 0.1) is 26.4 Å². The lowest BCUT2D eigenvalue weighted by Crippen LogP contribution is -2.44. The Balaban J connectivity index is 1.62. The fourth-order valence-corrected chi connectivity index (χ4v) is 3.48. The molecular weight excluding hydrogens is 382 g/mol. The van der Waals surface area contributed by atoms with Crippen molar-refractivity contribution in [1.82, 2.24) is 10.2 Å². The van der Waals surface area contributed by atoms with E-state index in [1.165, 1.54) is 5.56 Å². The number of ether oxygens (including phenoxy) is 3. The maximum atomic E-state index is 12.5. The van der Waals surface area contributed by atoms with E-state index in [-0.39, 0.29) is 18.6 Å². The van der Waals surface area contributed by atoms with Crippen LogP contribution < -0.4 is 19.7 Å². The van der Waals surface area contributed by atoms with E-state index in [2.05, 4.69) is 39.4 Å². The van der Waals surface area contributed by atoms with Crippen LogP contribution in [0.2, 0.25) is 0 Å². The second-order valence-electron chi connectivity index (χ2n) is 7.39. The molecular formula is C23H31N3O4. The first kappa shape index (κ1) is 21.9. The number of para-hydroxylation sites is 2. The summed E-state index contributed by atoms with van der Waals surface area (Å²) < 4.78 is 16.4. The van der Waals surface area contributed by atoms with E-state index in [0.29, 0.717) is 31.3 Å². The van der Waals surface area contributed by atoms with E-state index in [4.69, 9.17) is 14.2 Å². The molecule has 0 radical (unpaired) electrons. The van der Waals surface area contributed by atoms with Crippen LogP contribution in [0.25, 0.3) is 0 Å². The number of hydrogen-bond acceptors (Lipinski definition) is 6. The van der Waals surface area contributed by atoms with Crippen molar-refractivity contribution in [3.05, 3.63) is 54.1 Å². The van der Waals surface area contributed by atoms with Gasteiger partial charge in [-0.15, -0.1) is 0 Å². The number of amides is 1. The molecule has 1 fully saturated rings. The molecule has 0 aromatic heterocycles. The summed E-state index contributed by atoms with van der Waals surface area (Å²) in [5.74, 6) is 1.00. The van der Waals surface area contributed by atoms with Crippen molar-refractivity contribution in [2.45, 2.75) is 6.04 Å². The fraction of sp³-hybridized carbons (Fsp3) is 0.435. The van der Waals surface area contributed by atoms with Crippen molar-refractivity contribution in [1.29, 1.82) is 0 Å². The van der Waals surface area contributed by atoms with Gasteiger partial charge in [0.25, 0.3) is 5.91 Å². The zero-order valence-electron chi connectivity index (χ0n) is 18.0. The molecule has 1 saturated heterocycles. The van der Waals surface area contributed by atoms with Crippen molar-refractivity contribution in [3.63, 3.8) is 0 Å². The Morgan fingerprint density at radius 1 is 1.10 bits per heavy atom. The summed E-state index contributed by atoms with van der Waals surface area (Å²) in [5, 5.41) is 3.03. The molecule has 0 unspecified atom stereocenters. The third-order valence-corrected chi connectivity index (χ3v) is 5.20. The summed E-state index contributed by atoms with van der Waals surface area (Å²) in [5.41, 5.74) is 2.32. The lowest BCUT2D eigenvalue weighted by molar-refractivity contribution is -0.123. The van der Waals surface area contributed by atoms with E-state index < -0.39 is 0 Å². The van der Waals surface area contributed by atoms with E-state index in [1.54, 1.807) is 19.2 Å². The summed E-state index contributed by atoms with van der Waals surface area (Å²) in [7, 11) is 5.63. The van der Waals surface area contributed by atoms with Crippen LogP contribution in [0.4, 0.5) is 5.69 Å². The minimum atomic E-state index is -0.163. The standard InChI is InChI=1S/C23H31N3O4/c1-25(2)19-10-8-18(9-11-19)20(26-12-14-29-15-13-26)16-24-23(27)17-30-22-7-5-4-6-21(22)28-3/h4-11,20H,12-17H2,1-3H3,(H,24,27)/t20-/m0/s1. The van der Waals surface area contributed by atoms with E-state index in [1.807, 2.05) is 26.2 Å². The Bertz CT molecular complexity index is 804. The summed E-state index contributed by atoms with van der Waals surface area (Å²) in [6.45, 7) is 3.54. The highest BCUT2D eigenvalue weighted by Crippen LogP contribution is 2.26. The number of morpholine rings is 1. The molecule has 1 amide bonds. The normalized spacial score (nSPS) is 15.3. The second kappa shape index (κ2) is 10.8. The Labute approximate surface area is 178 Å². The minimum absolute atomic E-state index is 0.0598. The summed E-state index contributed by atoms with van der Waals surface area (Å²) in [6, 6.07) is 15.9. The van der Waals surface area contributed by atoms with E-state index in [0.717, 1.165) is 18.8 Å². The van der Waals surface area contributed by atoms with Gasteiger partial charge in [-0.1, -0.05) is 24.3 Å². The topological polar surface area (TPSA) is 63.3 Å². The molecule has 30 heavy (non-hydrogen) atoms. The van der Waals surface area contributed by atoms with Gasteiger partial charge in [0.15, 0.2) is 18.1 Å². The van der Waals surface area contributed by atoms with Crippen LogP contribution in [-0.2, 0) is 9.53 Å². The quantitative estimate of drug-likeness (QED) is 0.681. The fourth-order valence-electron chi connectivity index (χ4n) is 3.48. The van der Waals surface area contributed by atoms with Crippen molar-refractivity contribution in [3.8, 4) is 11.5 Å². The molecule has 2 aromatic rings.